The van der Waals surface area contributed by atoms with Crippen LogP contribution in [0.3, 0.4) is 0 Å². The highest BCUT2D eigenvalue weighted by Crippen LogP contribution is 2.50. The lowest BCUT2D eigenvalue weighted by Crippen LogP contribution is -2.35. The van der Waals surface area contributed by atoms with Crippen molar-refractivity contribution in [3.05, 3.63) is 35.4 Å². The van der Waals surface area contributed by atoms with Gasteiger partial charge in [-0.15, -0.1) is 0 Å². The normalized spacial score (nSPS) is 26.2. The Morgan fingerprint density at radius 1 is 1.44 bits per heavy atom. The first kappa shape index (κ1) is 16.2. The van der Waals surface area contributed by atoms with Crippen LogP contribution in [0.5, 0.6) is 0 Å². The zero-order valence-electron chi connectivity index (χ0n) is 13.5. The molecule has 0 unspecified atom stereocenters. The first-order chi connectivity index (χ1) is 11.8. The predicted molar refractivity (Wildman–Crippen MR) is 77.7 cm³/mol. The Bertz CT molecular complexity index is 813. The number of alkyl halides is 3. The van der Waals surface area contributed by atoms with Crippen molar-refractivity contribution in [2.45, 2.75) is 37.8 Å². The molecule has 1 amide bonds. The van der Waals surface area contributed by atoms with Gasteiger partial charge in [-0.25, -0.2) is 0 Å². The van der Waals surface area contributed by atoms with Crippen molar-refractivity contribution in [2.75, 3.05) is 13.1 Å². The highest BCUT2D eigenvalue weighted by molar-refractivity contribution is 5.95. The average Bonchev–Trinajstić information content (AvgIpc) is 3.27. The van der Waals surface area contributed by atoms with Gasteiger partial charge in [-0.05, 0) is 31.7 Å². The van der Waals surface area contributed by atoms with Crippen LogP contribution in [-0.2, 0) is 11.6 Å². The zero-order valence-corrected chi connectivity index (χ0v) is 13.5. The lowest BCUT2D eigenvalue weighted by Gasteiger charge is -2.24. The molecule has 2 fully saturated rings. The van der Waals surface area contributed by atoms with Crippen LogP contribution < -0.4 is 0 Å². The highest BCUT2D eigenvalue weighted by atomic mass is 19.4. The summed E-state index contributed by atoms with van der Waals surface area (Å²) in [4.78, 5) is 18.5. The van der Waals surface area contributed by atoms with Crippen LogP contribution in [0.15, 0.2) is 21.3 Å². The Balaban J connectivity index is 1.64. The summed E-state index contributed by atoms with van der Waals surface area (Å²) in [6, 6.07) is 1.07. The zero-order chi connectivity index (χ0) is 17.8. The minimum atomic E-state index is -4.70. The molecule has 1 saturated heterocycles. The van der Waals surface area contributed by atoms with Crippen molar-refractivity contribution in [3.8, 4) is 0 Å². The first-order valence-corrected chi connectivity index (χ1v) is 8.06. The van der Waals surface area contributed by atoms with Gasteiger partial charge in [0.1, 0.15) is 0 Å². The van der Waals surface area contributed by atoms with Gasteiger partial charge in [0.15, 0.2) is 5.82 Å². The lowest BCUT2D eigenvalue weighted by atomic mass is 9.80. The van der Waals surface area contributed by atoms with E-state index in [4.69, 9.17) is 4.52 Å². The molecule has 9 heteroatoms. The third-order valence-electron chi connectivity index (χ3n) is 5.26. The van der Waals surface area contributed by atoms with Gasteiger partial charge >= 0.3 is 6.18 Å². The smallest absolute Gasteiger partial charge is 0.450 e. The SMILES string of the molecule is Cc1noc([C@]23CCC[C@H]2CN(C(=O)c2ccoc2C(F)(F)F)C3)n1. The lowest BCUT2D eigenvalue weighted by molar-refractivity contribution is -0.153. The first-order valence-electron chi connectivity index (χ1n) is 8.06. The van der Waals surface area contributed by atoms with Gasteiger partial charge in [-0.3, -0.25) is 4.79 Å². The Labute approximate surface area is 141 Å². The molecule has 1 saturated carbocycles. The fraction of sp³-hybridized carbons (Fsp3) is 0.562. The largest absolute Gasteiger partial charge is 0.459 e. The number of carbonyl (C=O) groups excluding carboxylic acids is 1. The van der Waals surface area contributed by atoms with E-state index < -0.39 is 28.8 Å². The van der Waals surface area contributed by atoms with Gasteiger partial charge in [0.05, 0.1) is 17.2 Å². The number of rotatable bonds is 2. The molecule has 25 heavy (non-hydrogen) atoms. The van der Waals surface area contributed by atoms with E-state index in [1.807, 2.05) is 0 Å². The van der Waals surface area contributed by atoms with Crippen molar-refractivity contribution >= 4 is 5.91 Å². The fourth-order valence-electron chi connectivity index (χ4n) is 4.16. The molecular weight excluding hydrogens is 339 g/mol. The molecule has 0 N–H and O–H groups in total. The molecule has 2 aromatic heterocycles. The molecule has 1 aliphatic carbocycles. The summed E-state index contributed by atoms with van der Waals surface area (Å²) in [6.45, 7) is 2.37. The van der Waals surface area contributed by atoms with Gasteiger partial charge < -0.3 is 13.8 Å². The molecule has 0 radical (unpaired) electrons. The van der Waals surface area contributed by atoms with E-state index in [-0.39, 0.29) is 12.5 Å². The van der Waals surface area contributed by atoms with Crippen LogP contribution >= 0.6 is 0 Å². The fourth-order valence-corrected chi connectivity index (χ4v) is 4.16. The standard InChI is InChI=1S/C16H16F3N3O3/c1-9-20-14(25-21-9)15-5-2-3-10(15)7-22(8-15)13(23)11-4-6-24-12(11)16(17,18)19/h4,6,10H,2-3,5,7-8H2,1H3/t10-,15-/m0/s1. The van der Waals surface area contributed by atoms with Crippen LogP contribution in [0.4, 0.5) is 13.2 Å². The molecule has 134 valence electrons. The van der Waals surface area contributed by atoms with Gasteiger partial charge in [-0.2, -0.15) is 18.2 Å². The van der Waals surface area contributed by atoms with E-state index >= 15 is 0 Å². The second-order valence-electron chi connectivity index (χ2n) is 6.74. The number of hydrogen-bond donors (Lipinski definition) is 0. The molecule has 2 aliphatic rings. The molecule has 6 nitrogen and oxygen atoms in total. The van der Waals surface area contributed by atoms with Crippen molar-refractivity contribution in [2.24, 2.45) is 5.92 Å². The summed E-state index contributed by atoms with van der Waals surface area (Å²) in [5, 5.41) is 3.83. The summed E-state index contributed by atoms with van der Waals surface area (Å²) >= 11 is 0. The number of furan rings is 1. The monoisotopic (exact) mass is 355 g/mol. The van der Waals surface area contributed by atoms with Gasteiger partial charge in [0.25, 0.3) is 5.91 Å². The molecule has 0 bridgehead atoms. The molecule has 0 spiro atoms. The number of aromatic nitrogens is 2. The second-order valence-corrected chi connectivity index (χ2v) is 6.74. The molecule has 1 aliphatic heterocycles. The summed E-state index contributed by atoms with van der Waals surface area (Å²) < 4.78 is 48.9. The van der Waals surface area contributed by atoms with Gasteiger partial charge in [0, 0.05) is 13.1 Å². The van der Waals surface area contributed by atoms with E-state index in [1.165, 1.54) is 4.90 Å². The number of halogens is 3. The van der Waals surface area contributed by atoms with Gasteiger partial charge in [0.2, 0.25) is 11.7 Å². The number of carbonyl (C=O) groups is 1. The third kappa shape index (κ3) is 2.44. The van der Waals surface area contributed by atoms with Crippen LogP contribution in [0.2, 0.25) is 0 Å². The van der Waals surface area contributed by atoms with Crippen LogP contribution in [-0.4, -0.2) is 34.0 Å². The van der Waals surface area contributed by atoms with E-state index in [9.17, 15) is 18.0 Å². The summed E-state index contributed by atoms with van der Waals surface area (Å²) in [7, 11) is 0. The quantitative estimate of drug-likeness (QED) is 0.827. The van der Waals surface area contributed by atoms with E-state index in [1.54, 1.807) is 6.92 Å². The number of amides is 1. The minimum absolute atomic E-state index is 0.109. The summed E-state index contributed by atoms with van der Waals surface area (Å²) in [5.74, 6) is -0.832. The maximum atomic E-state index is 13.0. The summed E-state index contributed by atoms with van der Waals surface area (Å²) in [5.41, 5.74) is -0.914. The van der Waals surface area contributed by atoms with E-state index in [0.29, 0.717) is 18.3 Å². The number of nitrogens with zero attached hydrogens (tertiary/aromatic N) is 3. The topological polar surface area (TPSA) is 72.4 Å². The third-order valence-corrected chi connectivity index (χ3v) is 5.26. The Morgan fingerprint density at radius 2 is 2.24 bits per heavy atom. The number of aryl methyl sites for hydroxylation is 1. The van der Waals surface area contributed by atoms with E-state index in [2.05, 4.69) is 14.6 Å². The molecular formula is C16H16F3N3O3. The predicted octanol–water partition coefficient (Wildman–Crippen LogP) is 3.18. The van der Waals surface area contributed by atoms with Crippen LogP contribution in [0.25, 0.3) is 0 Å². The Hall–Kier alpha value is -2.32. The van der Waals surface area contributed by atoms with Crippen LogP contribution in [0.1, 0.15) is 47.1 Å². The van der Waals surface area contributed by atoms with Crippen molar-refractivity contribution in [1.82, 2.24) is 15.0 Å². The van der Waals surface area contributed by atoms with Crippen molar-refractivity contribution in [1.29, 1.82) is 0 Å². The summed E-state index contributed by atoms with van der Waals surface area (Å²) in [6.07, 6.45) is -1.19. The molecule has 3 heterocycles. The van der Waals surface area contributed by atoms with Crippen molar-refractivity contribution in [3.63, 3.8) is 0 Å². The second kappa shape index (κ2) is 5.34. The number of likely N-dealkylation sites (tertiary alicyclic amines) is 1. The number of fused-ring (bicyclic) bond motifs is 1. The Morgan fingerprint density at radius 3 is 2.92 bits per heavy atom. The average molecular weight is 355 g/mol. The minimum Gasteiger partial charge on any atom is -0.459 e. The molecule has 0 aromatic carbocycles. The van der Waals surface area contributed by atoms with Gasteiger partial charge in [-0.1, -0.05) is 11.6 Å². The number of hydrogen-bond acceptors (Lipinski definition) is 5. The van der Waals surface area contributed by atoms with Crippen molar-refractivity contribution < 1.29 is 26.9 Å². The molecule has 2 atom stereocenters. The highest BCUT2D eigenvalue weighted by Gasteiger charge is 2.55. The molecule has 4 rings (SSSR count). The van der Waals surface area contributed by atoms with Crippen LogP contribution in [0, 0.1) is 12.8 Å². The molecule has 2 aromatic rings. The maximum Gasteiger partial charge on any atom is 0.450 e. The maximum absolute atomic E-state index is 13.0. The van der Waals surface area contributed by atoms with E-state index in [0.717, 1.165) is 31.6 Å². The Kier molecular flexibility index (Phi) is 3.45.